The first-order chi connectivity index (χ1) is 11.2. The Morgan fingerprint density at radius 3 is 2.61 bits per heavy atom. The van der Waals surface area contributed by atoms with Gasteiger partial charge >= 0.3 is 0 Å². The number of anilines is 1. The van der Waals surface area contributed by atoms with Crippen LogP contribution in [0.5, 0.6) is 0 Å². The second kappa shape index (κ2) is 6.92. The fourth-order valence-corrected chi connectivity index (χ4v) is 3.00. The van der Waals surface area contributed by atoms with Gasteiger partial charge in [-0.15, -0.1) is 0 Å². The number of rotatable bonds is 5. The van der Waals surface area contributed by atoms with Crippen molar-refractivity contribution in [3.63, 3.8) is 0 Å². The van der Waals surface area contributed by atoms with E-state index in [0.717, 1.165) is 6.54 Å². The van der Waals surface area contributed by atoms with Crippen molar-refractivity contribution in [2.45, 2.75) is 25.3 Å². The Kier molecular flexibility index (Phi) is 4.72. The minimum atomic E-state index is -0.348. The van der Waals surface area contributed by atoms with E-state index < -0.39 is 0 Å². The van der Waals surface area contributed by atoms with Gasteiger partial charge in [-0.25, -0.2) is 4.39 Å². The highest BCUT2D eigenvalue weighted by Crippen LogP contribution is 2.24. The van der Waals surface area contributed by atoms with E-state index in [9.17, 15) is 9.18 Å². The maximum absolute atomic E-state index is 13.9. The summed E-state index contributed by atoms with van der Waals surface area (Å²) in [5.41, 5.74) is 1.62. The molecule has 0 bridgehead atoms. The monoisotopic (exact) mass is 312 g/mol. The Morgan fingerprint density at radius 2 is 1.87 bits per heavy atom. The standard InChI is InChI=1S/C19H21FN2O/c1-14(15-7-3-2-4-8-15)13-21-17-11-12-22(19(17)23)18-10-6-5-9-16(18)20/h2-10,14,17,21H,11-13H2,1H3. The minimum absolute atomic E-state index is 0.0460. The van der Waals surface area contributed by atoms with Gasteiger partial charge in [0.25, 0.3) is 0 Å². The van der Waals surface area contributed by atoms with Gasteiger partial charge in [0.15, 0.2) is 0 Å². The molecule has 0 spiro atoms. The number of benzene rings is 2. The molecule has 0 saturated carbocycles. The Balaban J connectivity index is 1.61. The minimum Gasteiger partial charge on any atom is -0.308 e. The van der Waals surface area contributed by atoms with Crippen LogP contribution in [-0.4, -0.2) is 25.0 Å². The van der Waals surface area contributed by atoms with E-state index >= 15 is 0 Å². The molecule has 1 aliphatic heterocycles. The van der Waals surface area contributed by atoms with E-state index in [1.807, 2.05) is 18.2 Å². The van der Waals surface area contributed by atoms with Crippen molar-refractivity contribution >= 4 is 11.6 Å². The number of nitrogens with one attached hydrogen (secondary N) is 1. The van der Waals surface area contributed by atoms with E-state index in [4.69, 9.17) is 0 Å². The van der Waals surface area contributed by atoms with E-state index in [1.165, 1.54) is 11.6 Å². The van der Waals surface area contributed by atoms with Crippen LogP contribution in [0.3, 0.4) is 0 Å². The molecular formula is C19H21FN2O. The van der Waals surface area contributed by atoms with Crippen molar-refractivity contribution in [2.75, 3.05) is 18.0 Å². The Labute approximate surface area is 136 Å². The van der Waals surface area contributed by atoms with Crippen molar-refractivity contribution < 1.29 is 9.18 Å². The molecule has 3 nitrogen and oxygen atoms in total. The first-order valence-electron chi connectivity index (χ1n) is 8.01. The second-order valence-electron chi connectivity index (χ2n) is 6.00. The number of nitrogens with zero attached hydrogens (tertiary/aromatic N) is 1. The molecule has 0 aromatic heterocycles. The van der Waals surface area contributed by atoms with Crippen LogP contribution in [-0.2, 0) is 4.79 Å². The highest BCUT2D eigenvalue weighted by Gasteiger charge is 2.33. The van der Waals surface area contributed by atoms with Crippen molar-refractivity contribution in [1.29, 1.82) is 0 Å². The predicted molar refractivity (Wildman–Crippen MR) is 90.0 cm³/mol. The molecule has 2 atom stereocenters. The lowest BCUT2D eigenvalue weighted by Crippen LogP contribution is -2.40. The molecule has 1 aliphatic rings. The van der Waals surface area contributed by atoms with Crippen molar-refractivity contribution in [3.05, 3.63) is 66.0 Å². The average Bonchev–Trinajstić information content (AvgIpc) is 2.94. The Morgan fingerprint density at radius 1 is 1.17 bits per heavy atom. The number of amides is 1. The molecule has 2 aromatic rings. The zero-order chi connectivity index (χ0) is 16.2. The molecule has 2 aromatic carbocycles. The molecule has 1 saturated heterocycles. The van der Waals surface area contributed by atoms with Crippen LogP contribution in [0.4, 0.5) is 10.1 Å². The van der Waals surface area contributed by atoms with Crippen LogP contribution in [0.2, 0.25) is 0 Å². The van der Waals surface area contributed by atoms with Crippen molar-refractivity contribution in [3.8, 4) is 0 Å². The van der Waals surface area contributed by atoms with Gasteiger partial charge in [0.1, 0.15) is 5.82 Å². The summed E-state index contributed by atoms with van der Waals surface area (Å²) in [4.78, 5) is 14.0. The summed E-state index contributed by atoms with van der Waals surface area (Å²) in [6.07, 6.45) is 0.703. The van der Waals surface area contributed by atoms with Gasteiger partial charge in [-0.1, -0.05) is 49.4 Å². The maximum Gasteiger partial charge on any atom is 0.244 e. The van der Waals surface area contributed by atoms with Gasteiger partial charge in [0, 0.05) is 13.1 Å². The van der Waals surface area contributed by atoms with Crippen LogP contribution in [0.15, 0.2) is 54.6 Å². The summed E-state index contributed by atoms with van der Waals surface area (Å²) in [6.45, 7) is 3.42. The normalized spacial score (nSPS) is 19.1. The second-order valence-corrected chi connectivity index (χ2v) is 6.00. The third kappa shape index (κ3) is 3.42. The van der Waals surface area contributed by atoms with Gasteiger partial charge < -0.3 is 10.2 Å². The summed E-state index contributed by atoms with van der Waals surface area (Å²) in [5.74, 6) is -0.0685. The molecule has 120 valence electrons. The summed E-state index contributed by atoms with van der Waals surface area (Å²) in [7, 11) is 0. The van der Waals surface area contributed by atoms with E-state index in [0.29, 0.717) is 24.6 Å². The predicted octanol–water partition coefficient (Wildman–Crippen LogP) is 3.32. The average molecular weight is 312 g/mol. The molecular weight excluding hydrogens is 291 g/mol. The molecule has 1 amide bonds. The van der Waals surface area contributed by atoms with Crippen LogP contribution in [0.1, 0.15) is 24.8 Å². The number of carbonyl (C=O) groups is 1. The summed E-state index contributed by atoms with van der Waals surface area (Å²) >= 11 is 0. The van der Waals surface area contributed by atoms with Gasteiger partial charge in [-0.2, -0.15) is 0 Å². The van der Waals surface area contributed by atoms with Crippen LogP contribution in [0, 0.1) is 5.82 Å². The van der Waals surface area contributed by atoms with Gasteiger partial charge in [-0.3, -0.25) is 4.79 Å². The zero-order valence-electron chi connectivity index (χ0n) is 13.2. The smallest absolute Gasteiger partial charge is 0.244 e. The summed E-state index contributed by atoms with van der Waals surface area (Å²) in [6, 6.07) is 16.4. The number of hydrogen-bond donors (Lipinski definition) is 1. The SMILES string of the molecule is CC(CNC1CCN(c2ccccc2F)C1=O)c1ccccc1. The lowest BCUT2D eigenvalue weighted by atomic mass is 10.0. The number of hydrogen-bond acceptors (Lipinski definition) is 2. The van der Waals surface area contributed by atoms with Gasteiger partial charge in [0.05, 0.1) is 11.7 Å². The lowest BCUT2D eigenvalue weighted by molar-refractivity contribution is -0.118. The fourth-order valence-electron chi connectivity index (χ4n) is 3.00. The van der Waals surface area contributed by atoms with Crippen LogP contribution >= 0.6 is 0 Å². The van der Waals surface area contributed by atoms with Gasteiger partial charge in [-0.05, 0) is 30.0 Å². The third-order valence-electron chi connectivity index (χ3n) is 4.39. The van der Waals surface area contributed by atoms with Crippen LogP contribution < -0.4 is 10.2 Å². The Hall–Kier alpha value is -2.20. The molecule has 2 unspecified atom stereocenters. The molecule has 0 aliphatic carbocycles. The van der Waals surface area contributed by atoms with Gasteiger partial charge in [0.2, 0.25) is 5.91 Å². The first kappa shape index (κ1) is 15.7. The number of halogens is 1. The lowest BCUT2D eigenvalue weighted by Gasteiger charge is -2.19. The molecule has 1 fully saturated rings. The molecule has 23 heavy (non-hydrogen) atoms. The number of carbonyl (C=O) groups excluding carboxylic acids is 1. The molecule has 1 N–H and O–H groups in total. The van der Waals surface area contributed by atoms with Crippen molar-refractivity contribution in [1.82, 2.24) is 5.32 Å². The molecule has 3 rings (SSSR count). The highest BCUT2D eigenvalue weighted by molar-refractivity contribution is 5.99. The Bertz CT molecular complexity index is 674. The fraction of sp³-hybridized carbons (Fsp3) is 0.316. The molecule has 4 heteroatoms. The van der Waals surface area contributed by atoms with Crippen molar-refractivity contribution in [2.24, 2.45) is 0 Å². The summed E-state index contributed by atoms with van der Waals surface area (Å²) < 4.78 is 13.9. The maximum atomic E-state index is 13.9. The number of para-hydroxylation sites is 1. The van der Waals surface area contributed by atoms with E-state index in [1.54, 1.807) is 23.1 Å². The third-order valence-corrected chi connectivity index (χ3v) is 4.39. The quantitative estimate of drug-likeness (QED) is 0.918. The largest absolute Gasteiger partial charge is 0.308 e. The van der Waals surface area contributed by atoms with Crippen LogP contribution in [0.25, 0.3) is 0 Å². The van der Waals surface area contributed by atoms with E-state index in [-0.39, 0.29) is 17.8 Å². The highest BCUT2D eigenvalue weighted by atomic mass is 19.1. The topological polar surface area (TPSA) is 32.3 Å². The molecule has 0 radical (unpaired) electrons. The summed E-state index contributed by atoms with van der Waals surface area (Å²) in [5, 5.41) is 3.34. The first-order valence-corrected chi connectivity index (χ1v) is 8.01. The zero-order valence-corrected chi connectivity index (χ0v) is 13.2. The van der Waals surface area contributed by atoms with E-state index in [2.05, 4.69) is 24.4 Å². The molecule has 1 heterocycles.